The van der Waals surface area contributed by atoms with Crippen molar-refractivity contribution in [3.05, 3.63) is 38.9 Å². The smallest absolute Gasteiger partial charge is 0.258 e. The molecule has 0 bridgehead atoms. The van der Waals surface area contributed by atoms with E-state index < -0.39 is 0 Å². The van der Waals surface area contributed by atoms with E-state index in [0.717, 1.165) is 11.9 Å². The Morgan fingerprint density at radius 3 is 2.76 bits per heavy atom. The summed E-state index contributed by atoms with van der Waals surface area (Å²) in [6.45, 7) is 7.38. The largest absolute Gasteiger partial charge is 0.310 e. The van der Waals surface area contributed by atoms with Gasteiger partial charge < -0.3 is 9.78 Å². The Morgan fingerprint density at radius 1 is 1.53 bits per heavy atom. The average molecular weight is 232 g/mol. The SMILES string of the molecule is C=C(C)/C=c1/c(=O)[nH]c(CCC=O)n/c1=C/C. The number of aromatic amines is 1. The van der Waals surface area contributed by atoms with Crippen LogP contribution in [0.25, 0.3) is 12.2 Å². The molecular formula is C13H16N2O2. The third-order valence-electron chi connectivity index (χ3n) is 2.20. The Kier molecular flexibility index (Phi) is 4.57. The lowest BCUT2D eigenvalue weighted by Crippen LogP contribution is -2.44. The fourth-order valence-electron chi connectivity index (χ4n) is 1.47. The van der Waals surface area contributed by atoms with Crippen molar-refractivity contribution >= 4 is 18.4 Å². The lowest BCUT2D eigenvalue weighted by Gasteiger charge is -1.98. The molecule has 4 heteroatoms. The second-order valence-corrected chi connectivity index (χ2v) is 3.80. The van der Waals surface area contributed by atoms with Gasteiger partial charge in [-0.25, -0.2) is 4.98 Å². The van der Waals surface area contributed by atoms with Crippen molar-refractivity contribution in [1.82, 2.24) is 9.97 Å². The molecule has 0 spiro atoms. The molecule has 0 fully saturated rings. The van der Waals surface area contributed by atoms with E-state index in [4.69, 9.17) is 0 Å². The maximum Gasteiger partial charge on any atom is 0.258 e. The normalized spacial score (nSPS) is 12.8. The van der Waals surface area contributed by atoms with Gasteiger partial charge in [-0.05, 0) is 19.9 Å². The summed E-state index contributed by atoms with van der Waals surface area (Å²) in [5.41, 5.74) is 0.595. The van der Waals surface area contributed by atoms with Crippen molar-refractivity contribution in [3.63, 3.8) is 0 Å². The maximum absolute atomic E-state index is 11.8. The Bertz CT molecular complexity index is 597. The van der Waals surface area contributed by atoms with Crippen LogP contribution < -0.4 is 16.1 Å². The number of carbonyl (C=O) groups is 1. The van der Waals surface area contributed by atoms with Gasteiger partial charge in [0.15, 0.2) is 0 Å². The van der Waals surface area contributed by atoms with E-state index in [1.54, 1.807) is 12.2 Å². The lowest BCUT2D eigenvalue weighted by atomic mass is 10.2. The van der Waals surface area contributed by atoms with Gasteiger partial charge in [-0.2, -0.15) is 0 Å². The summed E-state index contributed by atoms with van der Waals surface area (Å²) in [4.78, 5) is 29.1. The number of allylic oxidation sites excluding steroid dienone is 1. The molecule has 1 N–H and O–H groups in total. The van der Waals surface area contributed by atoms with Crippen molar-refractivity contribution in [2.45, 2.75) is 26.7 Å². The van der Waals surface area contributed by atoms with Crippen molar-refractivity contribution < 1.29 is 4.79 Å². The van der Waals surface area contributed by atoms with E-state index in [-0.39, 0.29) is 5.56 Å². The third kappa shape index (κ3) is 3.52. The minimum atomic E-state index is -0.197. The molecule has 0 amide bonds. The molecule has 1 aromatic rings. The van der Waals surface area contributed by atoms with E-state index in [0.29, 0.717) is 29.2 Å². The zero-order valence-electron chi connectivity index (χ0n) is 10.1. The molecule has 0 aromatic carbocycles. The van der Waals surface area contributed by atoms with Crippen LogP contribution in [0.15, 0.2) is 16.9 Å². The molecule has 1 aromatic heterocycles. The second kappa shape index (κ2) is 5.94. The number of nitrogens with one attached hydrogen (secondary N) is 1. The summed E-state index contributed by atoms with van der Waals surface area (Å²) in [5, 5.41) is 1.13. The summed E-state index contributed by atoms with van der Waals surface area (Å²) >= 11 is 0. The lowest BCUT2D eigenvalue weighted by molar-refractivity contribution is -0.107. The molecule has 0 radical (unpaired) electrons. The van der Waals surface area contributed by atoms with Crippen LogP contribution >= 0.6 is 0 Å². The van der Waals surface area contributed by atoms with Crippen LogP contribution in [0.2, 0.25) is 0 Å². The molecule has 1 rings (SSSR count). The van der Waals surface area contributed by atoms with Gasteiger partial charge >= 0.3 is 0 Å². The number of H-pyrrole nitrogens is 1. The molecule has 0 unspecified atom stereocenters. The molecule has 4 nitrogen and oxygen atoms in total. The number of nitrogens with zero attached hydrogens (tertiary/aromatic N) is 1. The highest BCUT2D eigenvalue weighted by atomic mass is 16.1. The van der Waals surface area contributed by atoms with Crippen LogP contribution in [-0.4, -0.2) is 16.3 Å². The summed E-state index contributed by atoms with van der Waals surface area (Å²) < 4.78 is 0. The molecule has 1 heterocycles. The van der Waals surface area contributed by atoms with Gasteiger partial charge in [0.05, 0.1) is 10.6 Å². The number of aldehydes is 1. The maximum atomic E-state index is 11.8. The Morgan fingerprint density at radius 2 is 2.24 bits per heavy atom. The van der Waals surface area contributed by atoms with Gasteiger partial charge in [0.25, 0.3) is 5.56 Å². The van der Waals surface area contributed by atoms with E-state index in [1.165, 1.54) is 0 Å². The van der Waals surface area contributed by atoms with Gasteiger partial charge in [0.2, 0.25) is 0 Å². The number of aryl methyl sites for hydroxylation is 1. The van der Waals surface area contributed by atoms with Crippen LogP contribution in [0, 0.1) is 0 Å². The monoisotopic (exact) mass is 232 g/mol. The molecule has 17 heavy (non-hydrogen) atoms. The third-order valence-corrected chi connectivity index (χ3v) is 2.20. The quantitative estimate of drug-likeness (QED) is 0.747. The highest BCUT2D eigenvalue weighted by Crippen LogP contribution is 1.87. The summed E-state index contributed by atoms with van der Waals surface area (Å²) in [5.74, 6) is 0.536. The van der Waals surface area contributed by atoms with Crippen LogP contribution in [0.1, 0.15) is 26.1 Å². The van der Waals surface area contributed by atoms with Crippen molar-refractivity contribution in [1.29, 1.82) is 0 Å². The first-order valence-electron chi connectivity index (χ1n) is 5.45. The van der Waals surface area contributed by atoms with E-state index in [1.807, 2.05) is 13.8 Å². The van der Waals surface area contributed by atoms with Crippen molar-refractivity contribution in [3.8, 4) is 0 Å². The van der Waals surface area contributed by atoms with Gasteiger partial charge in [0.1, 0.15) is 12.1 Å². The van der Waals surface area contributed by atoms with Gasteiger partial charge in [-0.15, -0.1) is 0 Å². The first-order chi connectivity index (χ1) is 8.08. The average Bonchev–Trinajstić information content (AvgIpc) is 2.28. The van der Waals surface area contributed by atoms with Crippen molar-refractivity contribution in [2.75, 3.05) is 0 Å². The van der Waals surface area contributed by atoms with Crippen LogP contribution in [0.3, 0.4) is 0 Å². The summed E-state index contributed by atoms with van der Waals surface area (Å²) in [6.07, 6.45) is 5.09. The molecule has 0 aliphatic carbocycles. The zero-order chi connectivity index (χ0) is 12.8. The predicted octanol–water partition coefficient (Wildman–Crippen LogP) is 0.0584. The summed E-state index contributed by atoms with van der Waals surface area (Å²) in [6, 6.07) is 0. The fourth-order valence-corrected chi connectivity index (χ4v) is 1.47. The molecule has 0 aliphatic heterocycles. The number of hydrogen-bond donors (Lipinski definition) is 1. The highest BCUT2D eigenvalue weighted by molar-refractivity contribution is 5.49. The van der Waals surface area contributed by atoms with E-state index >= 15 is 0 Å². The molecule has 0 saturated heterocycles. The first-order valence-corrected chi connectivity index (χ1v) is 5.45. The van der Waals surface area contributed by atoms with Crippen molar-refractivity contribution in [2.24, 2.45) is 0 Å². The molecule has 90 valence electrons. The first kappa shape index (κ1) is 13.1. The number of aromatic nitrogens is 2. The Balaban J connectivity index is 3.43. The second-order valence-electron chi connectivity index (χ2n) is 3.80. The fraction of sp³-hybridized carbons (Fsp3) is 0.308. The molecule has 0 saturated carbocycles. The molecule has 0 aliphatic rings. The van der Waals surface area contributed by atoms with Crippen LogP contribution in [0.4, 0.5) is 0 Å². The topological polar surface area (TPSA) is 62.8 Å². The highest BCUT2D eigenvalue weighted by Gasteiger charge is 1.99. The number of carbonyl (C=O) groups excluding carboxylic acids is 1. The zero-order valence-corrected chi connectivity index (χ0v) is 10.1. The Hall–Kier alpha value is -1.97. The standard InChI is InChI=1S/C13H16N2O2/c1-4-11-10(8-9(2)3)13(17)15-12(14-11)6-5-7-16/h4,7-8H,2,5-6H2,1,3H3,(H,14,15,17)/b10-8+,11-4+. The predicted molar refractivity (Wildman–Crippen MR) is 67.9 cm³/mol. The van der Waals surface area contributed by atoms with E-state index in [2.05, 4.69) is 16.5 Å². The van der Waals surface area contributed by atoms with Gasteiger partial charge in [0, 0.05) is 12.8 Å². The summed E-state index contributed by atoms with van der Waals surface area (Å²) in [7, 11) is 0. The van der Waals surface area contributed by atoms with Crippen LogP contribution in [0.5, 0.6) is 0 Å². The number of rotatable bonds is 4. The van der Waals surface area contributed by atoms with E-state index in [9.17, 15) is 9.59 Å². The van der Waals surface area contributed by atoms with Gasteiger partial charge in [-0.3, -0.25) is 4.79 Å². The van der Waals surface area contributed by atoms with Gasteiger partial charge in [-0.1, -0.05) is 18.2 Å². The molecular weight excluding hydrogens is 216 g/mol. The minimum Gasteiger partial charge on any atom is -0.310 e. The Labute approximate surface area is 99.4 Å². The minimum absolute atomic E-state index is 0.197. The number of hydrogen-bond acceptors (Lipinski definition) is 3. The molecule has 0 atom stereocenters. The van der Waals surface area contributed by atoms with Crippen LogP contribution in [-0.2, 0) is 11.2 Å².